The first-order valence-electron chi connectivity index (χ1n) is 7.23. The van der Waals surface area contributed by atoms with Crippen molar-refractivity contribution in [3.8, 4) is 0 Å². The summed E-state index contributed by atoms with van der Waals surface area (Å²) in [5.41, 5.74) is -2.09. The van der Waals surface area contributed by atoms with Gasteiger partial charge in [0, 0.05) is 18.9 Å². The molecule has 0 fully saturated rings. The van der Waals surface area contributed by atoms with Crippen molar-refractivity contribution in [2.24, 2.45) is 0 Å². The molecule has 26 heavy (non-hydrogen) atoms. The number of sulfone groups is 1. The monoisotopic (exact) mass is 389 g/mol. The zero-order valence-electron chi connectivity index (χ0n) is 13.4. The number of amides is 1. The van der Waals surface area contributed by atoms with Crippen LogP contribution in [0.5, 0.6) is 0 Å². The molecule has 1 heterocycles. The van der Waals surface area contributed by atoms with Crippen LogP contribution in [0.4, 0.5) is 13.2 Å². The van der Waals surface area contributed by atoms with Crippen LogP contribution in [-0.4, -0.2) is 36.9 Å². The molecule has 1 aromatic carbocycles. The van der Waals surface area contributed by atoms with E-state index in [1.807, 2.05) is 0 Å². The zero-order chi connectivity index (χ0) is 19.5. The second-order valence-electron chi connectivity index (χ2n) is 5.30. The van der Waals surface area contributed by atoms with Gasteiger partial charge in [-0.05, 0) is 18.2 Å². The molecule has 11 heteroatoms. The molecule has 140 valence electrons. The van der Waals surface area contributed by atoms with E-state index in [-0.39, 0.29) is 23.5 Å². The van der Waals surface area contributed by atoms with Gasteiger partial charge in [0.2, 0.25) is 0 Å². The van der Waals surface area contributed by atoms with Gasteiger partial charge in [-0.15, -0.1) is 0 Å². The highest BCUT2D eigenvalue weighted by molar-refractivity contribution is 7.90. The van der Waals surface area contributed by atoms with Gasteiger partial charge in [0.25, 0.3) is 11.5 Å². The maximum atomic E-state index is 12.6. The fraction of sp³-hybridized carbons (Fsp3) is 0.267. The molecule has 0 unspecified atom stereocenters. The molecule has 7 nitrogen and oxygen atoms in total. The second-order valence-corrected chi connectivity index (χ2v) is 7.29. The number of aromatic nitrogens is 2. The van der Waals surface area contributed by atoms with Crippen molar-refractivity contribution in [2.45, 2.75) is 17.6 Å². The second kappa shape index (κ2) is 7.28. The summed E-state index contributed by atoms with van der Waals surface area (Å²) in [6.45, 7) is -0.527. The number of halogens is 3. The maximum absolute atomic E-state index is 12.6. The average Bonchev–Trinajstić information content (AvgIpc) is 2.54. The average molecular weight is 389 g/mol. The normalized spacial score (nSPS) is 12.0. The third-order valence-electron chi connectivity index (χ3n) is 3.30. The lowest BCUT2D eigenvalue weighted by atomic mass is 10.2. The molecule has 1 aromatic heterocycles. The van der Waals surface area contributed by atoms with E-state index in [1.54, 1.807) is 0 Å². The molecule has 0 atom stereocenters. The summed E-state index contributed by atoms with van der Waals surface area (Å²) in [7, 11) is -3.64. The lowest BCUT2D eigenvalue weighted by Gasteiger charge is -2.11. The van der Waals surface area contributed by atoms with Gasteiger partial charge in [0.15, 0.2) is 15.5 Å². The van der Waals surface area contributed by atoms with Gasteiger partial charge in [-0.25, -0.2) is 13.1 Å². The van der Waals surface area contributed by atoms with E-state index < -0.39 is 33.2 Å². The molecule has 0 bridgehead atoms. The molecule has 0 radical (unpaired) electrons. The van der Waals surface area contributed by atoms with Crippen LogP contribution in [0.15, 0.2) is 46.1 Å². The molecular weight excluding hydrogens is 375 g/mol. The standard InChI is InChI=1S/C15H14F3N3O4S/c1-26(24,25)11-5-3-2-4-10(11)14(23)19-8-9-21-13(22)7-6-12(20-21)15(16,17)18/h2-7H,8-9H2,1H3,(H,19,23). The summed E-state index contributed by atoms with van der Waals surface area (Å²) in [4.78, 5) is 23.5. The van der Waals surface area contributed by atoms with Gasteiger partial charge in [-0.3, -0.25) is 9.59 Å². The third-order valence-corrected chi connectivity index (χ3v) is 4.45. The predicted octanol–water partition coefficient (Wildman–Crippen LogP) is 1.10. The minimum Gasteiger partial charge on any atom is -0.350 e. The first kappa shape index (κ1) is 19.6. The molecule has 0 aliphatic carbocycles. The van der Waals surface area contributed by atoms with Crippen LogP contribution in [0.25, 0.3) is 0 Å². The third kappa shape index (κ3) is 4.69. The molecule has 1 N–H and O–H groups in total. The molecule has 0 aliphatic rings. The van der Waals surface area contributed by atoms with Crippen LogP contribution in [-0.2, 0) is 22.6 Å². The Morgan fingerprint density at radius 3 is 2.46 bits per heavy atom. The number of nitrogens with zero attached hydrogens (tertiary/aromatic N) is 2. The summed E-state index contributed by atoms with van der Waals surface area (Å²) >= 11 is 0. The van der Waals surface area contributed by atoms with Gasteiger partial charge < -0.3 is 5.32 Å². The SMILES string of the molecule is CS(=O)(=O)c1ccccc1C(=O)NCCn1nc(C(F)(F)F)ccc1=O. The largest absolute Gasteiger partial charge is 0.435 e. The van der Waals surface area contributed by atoms with Crippen LogP contribution in [0.2, 0.25) is 0 Å². The van der Waals surface area contributed by atoms with Crippen LogP contribution in [0.3, 0.4) is 0 Å². The van der Waals surface area contributed by atoms with Crippen molar-refractivity contribution in [3.05, 3.63) is 58.0 Å². The summed E-state index contributed by atoms with van der Waals surface area (Å²) < 4.78 is 61.8. The van der Waals surface area contributed by atoms with E-state index in [1.165, 1.54) is 24.3 Å². The number of benzene rings is 1. The van der Waals surface area contributed by atoms with Crippen molar-refractivity contribution in [1.82, 2.24) is 15.1 Å². The van der Waals surface area contributed by atoms with Gasteiger partial charge in [-0.2, -0.15) is 18.3 Å². The lowest BCUT2D eigenvalue weighted by molar-refractivity contribution is -0.142. The topological polar surface area (TPSA) is 98.1 Å². The van der Waals surface area contributed by atoms with Crippen molar-refractivity contribution in [3.63, 3.8) is 0 Å². The van der Waals surface area contributed by atoms with E-state index in [0.29, 0.717) is 10.7 Å². The highest BCUT2D eigenvalue weighted by Crippen LogP contribution is 2.26. The van der Waals surface area contributed by atoms with Gasteiger partial charge in [0.05, 0.1) is 17.0 Å². The number of carbonyl (C=O) groups excluding carboxylic acids is 1. The number of carbonyl (C=O) groups is 1. The minimum atomic E-state index is -4.70. The highest BCUT2D eigenvalue weighted by Gasteiger charge is 2.33. The number of alkyl halides is 3. The van der Waals surface area contributed by atoms with Gasteiger partial charge in [0.1, 0.15) is 0 Å². The van der Waals surface area contributed by atoms with Crippen LogP contribution in [0, 0.1) is 0 Å². The van der Waals surface area contributed by atoms with Crippen molar-refractivity contribution >= 4 is 15.7 Å². The smallest absolute Gasteiger partial charge is 0.350 e. The highest BCUT2D eigenvalue weighted by atomic mass is 32.2. The van der Waals surface area contributed by atoms with Crippen molar-refractivity contribution < 1.29 is 26.4 Å². The fourth-order valence-electron chi connectivity index (χ4n) is 2.11. The number of rotatable bonds is 5. The lowest BCUT2D eigenvalue weighted by Crippen LogP contribution is -2.33. The van der Waals surface area contributed by atoms with Crippen molar-refractivity contribution in [2.75, 3.05) is 12.8 Å². The zero-order valence-corrected chi connectivity index (χ0v) is 14.3. The first-order chi connectivity index (χ1) is 12.0. The number of nitrogens with one attached hydrogen (secondary N) is 1. The van der Waals surface area contributed by atoms with E-state index >= 15 is 0 Å². The number of hydrogen-bond acceptors (Lipinski definition) is 5. The molecule has 0 aliphatic heterocycles. The Morgan fingerprint density at radius 2 is 1.85 bits per heavy atom. The molecule has 0 saturated carbocycles. The molecule has 1 amide bonds. The Hall–Kier alpha value is -2.69. The van der Waals surface area contributed by atoms with Crippen LogP contribution >= 0.6 is 0 Å². The Balaban J connectivity index is 2.12. The fourth-order valence-corrected chi connectivity index (χ4v) is 2.99. The molecule has 2 rings (SSSR count). The predicted molar refractivity (Wildman–Crippen MR) is 85.4 cm³/mol. The Labute approximate surface area is 146 Å². The molecule has 2 aromatic rings. The first-order valence-corrected chi connectivity index (χ1v) is 9.12. The Bertz CT molecular complexity index is 984. The summed E-state index contributed by atoms with van der Waals surface area (Å²) in [6, 6.07) is 6.81. The molecular formula is C15H14F3N3O4S. The Kier molecular flexibility index (Phi) is 5.50. The minimum absolute atomic E-state index is 0.0978. The number of hydrogen-bond donors (Lipinski definition) is 1. The van der Waals surface area contributed by atoms with E-state index in [0.717, 1.165) is 12.3 Å². The maximum Gasteiger partial charge on any atom is 0.435 e. The summed E-state index contributed by atoms with van der Waals surface area (Å²) in [5, 5.41) is 5.56. The van der Waals surface area contributed by atoms with Gasteiger partial charge in [-0.1, -0.05) is 12.1 Å². The van der Waals surface area contributed by atoms with E-state index in [4.69, 9.17) is 0 Å². The van der Waals surface area contributed by atoms with E-state index in [9.17, 15) is 31.2 Å². The van der Waals surface area contributed by atoms with Crippen molar-refractivity contribution in [1.29, 1.82) is 0 Å². The molecule has 0 spiro atoms. The van der Waals surface area contributed by atoms with Gasteiger partial charge >= 0.3 is 6.18 Å². The Morgan fingerprint density at radius 1 is 1.19 bits per heavy atom. The van der Waals surface area contributed by atoms with Crippen LogP contribution in [0.1, 0.15) is 16.1 Å². The van der Waals surface area contributed by atoms with E-state index in [2.05, 4.69) is 10.4 Å². The molecule has 0 saturated heterocycles. The summed E-state index contributed by atoms with van der Waals surface area (Å²) in [6.07, 6.45) is -3.75. The van der Waals surface area contributed by atoms with Crippen LogP contribution < -0.4 is 10.9 Å². The quantitative estimate of drug-likeness (QED) is 0.826. The summed E-state index contributed by atoms with van der Waals surface area (Å²) in [5.74, 6) is -0.731.